The summed E-state index contributed by atoms with van der Waals surface area (Å²) in [7, 11) is 0. The molecule has 0 radical (unpaired) electrons. The van der Waals surface area contributed by atoms with Gasteiger partial charge in [-0.25, -0.2) is 4.98 Å². The van der Waals surface area contributed by atoms with Crippen molar-refractivity contribution in [3.63, 3.8) is 0 Å². The SMILES string of the molecule is CCCc1nnsc1C(=O)Nc1cc(Br)cnc1Cl. The third kappa shape index (κ3) is 3.49. The number of aryl methyl sites for hydroxylation is 1. The van der Waals surface area contributed by atoms with Crippen LogP contribution in [0.4, 0.5) is 5.69 Å². The summed E-state index contributed by atoms with van der Waals surface area (Å²) < 4.78 is 4.56. The predicted molar refractivity (Wildman–Crippen MR) is 78.8 cm³/mol. The molecule has 0 saturated heterocycles. The van der Waals surface area contributed by atoms with Crippen molar-refractivity contribution in [2.75, 3.05) is 5.32 Å². The van der Waals surface area contributed by atoms with Crippen LogP contribution in [0.2, 0.25) is 5.15 Å². The lowest BCUT2D eigenvalue weighted by atomic mass is 10.2. The minimum Gasteiger partial charge on any atom is -0.318 e. The highest BCUT2D eigenvalue weighted by atomic mass is 79.9. The Bertz CT molecular complexity index is 604. The molecule has 0 aliphatic carbocycles. The Hall–Kier alpha value is -1.05. The number of carbonyl (C=O) groups is 1. The first-order valence-corrected chi connectivity index (χ1v) is 7.50. The van der Waals surface area contributed by atoms with Crippen LogP contribution < -0.4 is 5.32 Å². The summed E-state index contributed by atoms with van der Waals surface area (Å²) >= 11 is 10.3. The zero-order valence-electron chi connectivity index (χ0n) is 9.98. The molecule has 1 N–H and O–H groups in total. The Morgan fingerprint density at radius 1 is 1.58 bits per heavy atom. The zero-order chi connectivity index (χ0) is 13.8. The van der Waals surface area contributed by atoms with Gasteiger partial charge in [0.25, 0.3) is 5.91 Å². The molecule has 8 heteroatoms. The lowest BCUT2D eigenvalue weighted by Crippen LogP contribution is -2.13. The Balaban J connectivity index is 2.21. The van der Waals surface area contributed by atoms with Crippen molar-refractivity contribution in [3.8, 4) is 0 Å². The maximum Gasteiger partial charge on any atom is 0.269 e. The number of pyridine rings is 1. The monoisotopic (exact) mass is 360 g/mol. The lowest BCUT2D eigenvalue weighted by molar-refractivity contribution is 0.102. The maximum atomic E-state index is 12.2. The third-order valence-electron chi connectivity index (χ3n) is 2.30. The van der Waals surface area contributed by atoms with E-state index in [0.717, 1.165) is 28.8 Å². The van der Waals surface area contributed by atoms with E-state index in [1.165, 1.54) is 0 Å². The molecule has 5 nitrogen and oxygen atoms in total. The lowest BCUT2D eigenvalue weighted by Gasteiger charge is -2.06. The van der Waals surface area contributed by atoms with Gasteiger partial charge in [-0.3, -0.25) is 4.79 Å². The predicted octanol–water partition coefficient (Wildman–Crippen LogP) is 3.55. The quantitative estimate of drug-likeness (QED) is 0.846. The third-order valence-corrected chi connectivity index (χ3v) is 3.80. The smallest absolute Gasteiger partial charge is 0.269 e. The van der Waals surface area contributed by atoms with Crippen LogP contribution in [-0.2, 0) is 6.42 Å². The second-order valence-electron chi connectivity index (χ2n) is 3.74. The standard InChI is InChI=1S/C11H10BrClN4OS/c1-2-3-7-9(19-17-16-7)11(18)15-8-4-6(12)5-14-10(8)13/h4-5H,2-3H2,1H3,(H,15,18). The van der Waals surface area contributed by atoms with Gasteiger partial charge in [-0.15, -0.1) is 5.10 Å². The average Bonchev–Trinajstić information content (AvgIpc) is 2.82. The molecule has 0 aliphatic heterocycles. The van der Waals surface area contributed by atoms with Crippen LogP contribution >= 0.6 is 39.1 Å². The number of nitrogens with zero attached hydrogens (tertiary/aromatic N) is 3. The molecule has 19 heavy (non-hydrogen) atoms. The van der Waals surface area contributed by atoms with Gasteiger partial charge in [-0.2, -0.15) is 0 Å². The van der Waals surface area contributed by atoms with Crippen LogP contribution in [0.3, 0.4) is 0 Å². The highest BCUT2D eigenvalue weighted by Gasteiger charge is 2.17. The number of halogens is 2. The molecule has 0 spiro atoms. The molecule has 0 aromatic carbocycles. The van der Waals surface area contributed by atoms with Gasteiger partial charge in [0.15, 0.2) is 5.15 Å². The fourth-order valence-corrected chi connectivity index (χ4v) is 2.56. The molecule has 1 amide bonds. The van der Waals surface area contributed by atoms with E-state index in [9.17, 15) is 4.79 Å². The number of anilines is 1. The number of nitrogens with one attached hydrogen (secondary N) is 1. The number of aromatic nitrogens is 3. The summed E-state index contributed by atoms with van der Waals surface area (Å²) in [5, 5.41) is 6.92. The number of carbonyl (C=O) groups excluding carboxylic acids is 1. The van der Waals surface area contributed by atoms with Crippen LogP contribution in [0.25, 0.3) is 0 Å². The highest BCUT2D eigenvalue weighted by molar-refractivity contribution is 9.10. The molecular formula is C11H10BrClN4OS. The van der Waals surface area contributed by atoms with E-state index in [2.05, 4.69) is 35.8 Å². The van der Waals surface area contributed by atoms with Gasteiger partial charge in [0, 0.05) is 10.7 Å². The zero-order valence-corrected chi connectivity index (χ0v) is 13.1. The summed E-state index contributed by atoms with van der Waals surface area (Å²) in [4.78, 5) is 16.6. The molecule has 0 unspecified atom stereocenters. The number of amides is 1. The van der Waals surface area contributed by atoms with Gasteiger partial charge < -0.3 is 5.32 Å². The van der Waals surface area contributed by atoms with Crippen molar-refractivity contribution in [1.82, 2.24) is 14.6 Å². The summed E-state index contributed by atoms with van der Waals surface area (Å²) in [5.74, 6) is -0.264. The minimum atomic E-state index is -0.264. The fourth-order valence-electron chi connectivity index (χ4n) is 1.47. The van der Waals surface area contributed by atoms with Crippen LogP contribution in [0, 0.1) is 0 Å². The molecule has 2 rings (SSSR count). The van der Waals surface area contributed by atoms with E-state index in [-0.39, 0.29) is 11.1 Å². The van der Waals surface area contributed by atoms with Gasteiger partial charge in [0.05, 0.1) is 11.4 Å². The van der Waals surface area contributed by atoms with Crippen molar-refractivity contribution >= 4 is 50.7 Å². The first-order valence-electron chi connectivity index (χ1n) is 5.55. The van der Waals surface area contributed by atoms with Gasteiger partial charge in [0.1, 0.15) is 4.88 Å². The molecule has 2 aromatic rings. The second kappa shape index (κ2) is 6.40. The van der Waals surface area contributed by atoms with E-state index in [1.54, 1.807) is 12.3 Å². The molecule has 0 saturated carbocycles. The van der Waals surface area contributed by atoms with Gasteiger partial charge >= 0.3 is 0 Å². The average molecular weight is 362 g/mol. The van der Waals surface area contributed by atoms with Crippen molar-refractivity contribution in [2.45, 2.75) is 19.8 Å². The van der Waals surface area contributed by atoms with Crippen molar-refractivity contribution < 1.29 is 4.79 Å². The largest absolute Gasteiger partial charge is 0.318 e. The molecule has 2 heterocycles. The first kappa shape index (κ1) is 14.4. The topological polar surface area (TPSA) is 67.8 Å². The summed E-state index contributed by atoms with van der Waals surface area (Å²) in [6.07, 6.45) is 3.20. The number of rotatable bonds is 4. The van der Waals surface area contributed by atoms with Crippen LogP contribution in [0.1, 0.15) is 28.7 Å². The maximum absolute atomic E-state index is 12.2. The van der Waals surface area contributed by atoms with E-state index in [0.29, 0.717) is 16.3 Å². The highest BCUT2D eigenvalue weighted by Crippen LogP contribution is 2.24. The van der Waals surface area contributed by atoms with Gasteiger partial charge in [-0.05, 0) is 39.9 Å². The van der Waals surface area contributed by atoms with E-state index in [1.807, 2.05) is 6.92 Å². The summed E-state index contributed by atoms with van der Waals surface area (Å²) in [5.41, 5.74) is 1.17. The molecule has 0 bridgehead atoms. The minimum absolute atomic E-state index is 0.242. The van der Waals surface area contributed by atoms with Crippen molar-refractivity contribution in [3.05, 3.63) is 32.5 Å². The van der Waals surface area contributed by atoms with E-state index >= 15 is 0 Å². The molecule has 0 atom stereocenters. The second-order valence-corrected chi connectivity index (χ2v) is 5.77. The Morgan fingerprint density at radius 3 is 3.11 bits per heavy atom. The Morgan fingerprint density at radius 2 is 2.37 bits per heavy atom. The van der Waals surface area contributed by atoms with Crippen molar-refractivity contribution in [1.29, 1.82) is 0 Å². The van der Waals surface area contributed by atoms with Crippen LogP contribution in [-0.4, -0.2) is 20.5 Å². The summed E-state index contributed by atoms with van der Waals surface area (Å²) in [6.45, 7) is 2.02. The van der Waals surface area contributed by atoms with E-state index in [4.69, 9.17) is 11.6 Å². The number of hydrogen-bond donors (Lipinski definition) is 1. The fraction of sp³-hybridized carbons (Fsp3) is 0.273. The van der Waals surface area contributed by atoms with Gasteiger partial charge in [0.2, 0.25) is 0 Å². The van der Waals surface area contributed by atoms with E-state index < -0.39 is 0 Å². The Labute approximate surface area is 127 Å². The van der Waals surface area contributed by atoms with Crippen molar-refractivity contribution in [2.24, 2.45) is 0 Å². The first-order chi connectivity index (χ1) is 9.11. The Kier molecular flexibility index (Phi) is 4.84. The molecule has 0 fully saturated rings. The molecule has 0 aliphatic rings. The van der Waals surface area contributed by atoms with Crippen LogP contribution in [0.15, 0.2) is 16.7 Å². The summed E-state index contributed by atoms with van der Waals surface area (Å²) in [6, 6.07) is 1.70. The molecule has 100 valence electrons. The normalized spacial score (nSPS) is 10.5. The molecular weight excluding hydrogens is 352 g/mol. The van der Waals surface area contributed by atoms with Crippen LogP contribution in [0.5, 0.6) is 0 Å². The van der Waals surface area contributed by atoms with Gasteiger partial charge in [-0.1, -0.05) is 29.4 Å². The molecule has 2 aromatic heterocycles. The number of hydrogen-bond acceptors (Lipinski definition) is 5.